The maximum absolute atomic E-state index is 10.9. The number of carbonyl (C=O) groups excluding carboxylic acids is 1. The molecule has 0 radical (unpaired) electrons. The molecule has 1 fully saturated rings. The molecule has 0 bridgehead atoms. The zero-order chi connectivity index (χ0) is 10.4. The van der Waals surface area contributed by atoms with Gasteiger partial charge in [0.15, 0.2) is 0 Å². The van der Waals surface area contributed by atoms with Crippen LogP contribution in [0.5, 0.6) is 0 Å². The summed E-state index contributed by atoms with van der Waals surface area (Å²) in [6.45, 7) is 4.15. The third-order valence-electron chi connectivity index (χ3n) is 1.77. The predicted octanol–water partition coefficient (Wildman–Crippen LogP) is 1.54. The van der Waals surface area contributed by atoms with E-state index in [1.165, 1.54) is 0 Å². The van der Waals surface area contributed by atoms with Crippen molar-refractivity contribution in [3.8, 4) is 0 Å². The van der Waals surface area contributed by atoms with Crippen LogP contribution in [-0.2, 0) is 9.53 Å². The minimum Gasteiger partial charge on any atom is -0.358 e. The zero-order valence-electron chi connectivity index (χ0n) is 8.49. The number of hydrogen-bond acceptors (Lipinski definition) is 2. The summed E-state index contributed by atoms with van der Waals surface area (Å²) in [5.74, 6) is -0.0822. The molecule has 1 saturated heterocycles. The Morgan fingerprint density at radius 3 is 2.93 bits per heavy atom. The van der Waals surface area contributed by atoms with Gasteiger partial charge in [-0.05, 0) is 12.2 Å². The van der Waals surface area contributed by atoms with Crippen molar-refractivity contribution in [2.75, 3.05) is 6.61 Å². The molecule has 1 heterocycles. The van der Waals surface area contributed by atoms with E-state index in [0.717, 1.165) is 5.70 Å². The third kappa shape index (κ3) is 2.57. The average molecular weight is 193 g/mol. The molecule has 1 amide bonds. The Hall–Kier alpha value is -1.35. The molecule has 1 atom stereocenters. The second-order valence-corrected chi connectivity index (χ2v) is 2.67. The van der Waals surface area contributed by atoms with Gasteiger partial charge in [-0.15, -0.1) is 0 Å². The maximum Gasteiger partial charge on any atom is 0.250 e. The summed E-state index contributed by atoms with van der Waals surface area (Å²) in [6.07, 6.45) is 9.36. The van der Waals surface area contributed by atoms with E-state index in [-0.39, 0.29) is 18.6 Å². The van der Waals surface area contributed by atoms with Crippen LogP contribution >= 0.6 is 0 Å². The molecule has 1 unspecified atom stereocenters. The third-order valence-corrected chi connectivity index (χ3v) is 1.77. The highest BCUT2D eigenvalue weighted by atomic mass is 16.5. The van der Waals surface area contributed by atoms with E-state index in [2.05, 4.69) is 5.32 Å². The maximum atomic E-state index is 10.9. The summed E-state index contributed by atoms with van der Waals surface area (Å²) in [7, 11) is 0. The van der Waals surface area contributed by atoms with Crippen LogP contribution in [0.3, 0.4) is 0 Å². The van der Waals surface area contributed by atoms with Crippen LogP contribution in [0.4, 0.5) is 0 Å². The summed E-state index contributed by atoms with van der Waals surface area (Å²) in [4.78, 5) is 10.9. The topological polar surface area (TPSA) is 38.3 Å². The quantitative estimate of drug-likeness (QED) is 0.633. The summed E-state index contributed by atoms with van der Waals surface area (Å²) in [5, 5.41) is 2.75. The average Bonchev–Trinajstić information content (AvgIpc) is 2.45. The fourth-order valence-corrected chi connectivity index (χ4v) is 1.21. The number of carbonyl (C=O) groups is 1. The lowest BCUT2D eigenvalue weighted by Crippen LogP contribution is -2.39. The van der Waals surface area contributed by atoms with Crippen molar-refractivity contribution in [3.05, 3.63) is 36.1 Å². The fourth-order valence-electron chi connectivity index (χ4n) is 1.21. The summed E-state index contributed by atoms with van der Waals surface area (Å²) in [5.41, 5.74) is 0.816. The standard InChI is InChI=1S/C9H9NO2.C2H6/c11-9-6-12-8-5-3-1-2-4-7(8)10-9;1-2/h1-5,8H,6H2,(H,10,11);1-2H3. The van der Waals surface area contributed by atoms with Crippen LogP contribution in [0.2, 0.25) is 0 Å². The van der Waals surface area contributed by atoms with Gasteiger partial charge >= 0.3 is 0 Å². The van der Waals surface area contributed by atoms with Gasteiger partial charge in [-0.25, -0.2) is 0 Å². The molecule has 0 aromatic carbocycles. The molecule has 1 aliphatic carbocycles. The van der Waals surface area contributed by atoms with Crippen molar-refractivity contribution >= 4 is 5.91 Å². The van der Waals surface area contributed by atoms with E-state index in [1.807, 2.05) is 44.2 Å². The zero-order valence-corrected chi connectivity index (χ0v) is 8.49. The molecular weight excluding hydrogens is 178 g/mol. The van der Waals surface area contributed by atoms with Crippen LogP contribution in [0.15, 0.2) is 36.1 Å². The van der Waals surface area contributed by atoms with Gasteiger partial charge in [0.05, 0.1) is 5.70 Å². The summed E-state index contributed by atoms with van der Waals surface area (Å²) < 4.78 is 5.27. The molecule has 1 aliphatic heterocycles. The van der Waals surface area contributed by atoms with Crippen molar-refractivity contribution in [2.45, 2.75) is 20.0 Å². The Morgan fingerprint density at radius 2 is 2.14 bits per heavy atom. The molecule has 14 heavy (non-hydrogen) atoms. The van der Waals surface area contributed by atoms with Gasteiger partial charge < -0.3 is 10.1 Å². The first-order valence-corrected chi connectivity index (χ1v) is 4.83. The van der Waals surface area contributed by atoms with Crippen molar-refractivity contribution < 1.29 is 9.53 Å². The van der Waals surface area contributed by atoms with Crippen LogP contribution in [0.25, 0.3) is 0 Å². The first kappa shape index (κ1) is 10.7. The molecular formula is C11H15NO2. The molecule has 3 nitrogen and oxygen atoms in total. The van der Waals surface area contributed by atoms with Crippen molar-refractivity contribution in [2.24, 2.45) is 0 Å². The highest BCUT2D eigenvalue weighted by molar-refractivity contribution is 5.80. The molecule has 2 aliphatic rings. The normalized spacial score (nSPS) is 23.7. The SMILES string of the molecule is CC.O=C1COC2C=CC=CC=C2N1. The smallest absolute Gasteiger partial charge is 0.250 e. The van der Waals surface area contributed by atoms with E-state index in [0.29, 0.717) is 0 Å². The number of allylic oxidation sites excluding steroid dienone is 4. The molecule has 0 saturated carbocycles. The lowest BCUT2D eigenvalue weighted by Gasteiger charge is -2.22. The minimum absolute atomic E-state index is 0.0822. The van der Waals surface area contributed by atoms with Gasteiger partial charge in [0.25, 0.3) is 0 Å². The molecule has 0 spiro atoms. The monoisotopic (exact) mass is 193 g/mol. The number of hydrogen-bond donors (Lipinski definition) is 1. The van der Waals surface area contributed by atoms with Crippen molar-refractivity contribution in [1.29, 1.82) is 0 Å². The van der Waals surface area contributed by atoms with Gasteiger partial charge in [0, 0.05) is 0 Å². The number of fused-ring (bicyclic) bond motifs is 1. The number of ether oxygens (including phenoxy) is 1. The van der Waals surface area contributed by atoms with E-state index >= 15 is 0 Å². The van der Waals surface area contributed by atoms with E-state index in [4.69, 9.17) is 4.74 Å². The number of amides is 1. The lowest BCUT2D eigenvalue weighted by molar-refractivity contribution is -0.129. The Balaban J connectivity index is 0.000000461. The van der Waals surface area contributed by atoms with Gasteiger partial charge in [0.1, 0.15) is 12.7 Å². The molecule has 1 N–H and O–H groups in total. The Kier molecular flexibility index (Phi) is 4.13. The molecule has 2 rings (SSSR count). The fraction of sp³-hybridized carbons (Fsp3) is 0.364. The van der Waals surface area contributed by atoms with Crippen molar-refractivity contribution in [3.63, 3.8) is 0 Å². The Labute approximate surface area is 84.1 Å². The predicted molar refractivity (Wildman–Crippen MR) is 55.6 cm³/mol. The largest absolute Gasteiger partial charge is 0.358 e. The molecule has 0 aromatic rings. The minimum atomic E-state index is -0.0855. The molecule has 76 valence electrons. The van der Waals surface area contributed by atoms with Gasteiger partial charge in [-0.1, -0.05) is 32.1 Å². The lowest BCUT2D eigenvalue weighted by atomic mass is 10.2. The summed E-state index contributed by atoms with van der Waals surface area (Å²) in [6, 6.07) is 0. The number of rotatable bonds is 0. The second-order valence-electron chi connectivity index (χ2n) is 2.67. The van der Waals surface area contributed by atoms with Gasteiger partial charge in [0.2, 0.25) is 5.91 Å². The van der Waals surface area contributed by atoms with Gasteiger partial charge in [-0.2, -0.15) is 0 Å². The first-order valence-electron chi connectivity index (χ1n) is 4.83. The highest BCUT2D eigenvalue weighted by Crippen LogP contribution is 2.12. The van der Waals surface area contributed by atoms with E-state index in [9.17, 15) is 4.79 Å². The van der Waals surface area contributed by atoms with Crippen LogP contribution in [0.1, 0.15) is 13.8 Å². The Bertz CT molecular complexity index is 290. The van der Waals surface area contributed by atoms with Crippen LogP contribution in [0, 0.1) is 0 Å². The number of morpholine rings is 1. The number of nitrogens with one attached hydrogen (secondary N) is 1. The molecule has 0 aromatic heterocycles. The molecule has 3 heteroatoms. The summed E-state index contributed by atoms with van der Waals surface area (Å²) >= 11 is 0. The van der Waals surface area contributed by atoms with Crippen LogP contribution in [-0.4, -0.2) is 18.6 Å². The van der Waals surface area contributed by atoms with E-state index < -0.39 is 0 Å². The van der Waals surface area contributed by atoms with E-state index in [1.54, 1.807) is 0 Å². The second kappa shape index (κ2) is 5.40. The Morgan fingerprint density at radius 1 is 1.36 bits per heavy atom. The van der Waals surface area contributed by atoms with Crippen molar-refractivity contribution in [1.82, 2.24) is 5.32 Å². The van der Waals surface area contributed by atoms with Gasteiger partial charge in [-0.3, -0.25) is 4.79 Å². The van der Waals surface area contributed by atoms with Crippen LogP contribution < -0.4 is 5.32 Å². The highest BCUT2D eigenvalue weighted by Gasteiger charge is 2.21. The first-order chi connectivity index (χ1) is 6.86.